The van der Waals surface area contributed by atoms with Gasteiger partial charge in [-0.3, -0.25) is 10.2 Å². The molecule has 7 nitrogen and oxygen atoms in total. The van der Waals surface area contributed by atoms with Crippen molar-refractivity contribution in [3.05, 3.63) is 29.8 Å². The van der Waals surface area contributed by atoms with Gasteiger partial charge in [-0.05, 0) is 24.3 Å². The Morgan fingerprint density at radius 2 is 1.80 bits per heavy atom. The third-order valence-electron chi connectivity index (χ3n) is 3.46. The highest BCUT2D eigenvalue weighted by Gasteiger charge is 2.29. The summed E-state index contributed by atoms with van der Waals surface area (Å²) in [4.78, 5) is 12.8. The lowest BCUT2D eigenvalue weighted by atomic mass is 10.2. The zero-order valence-electron chi connectivity index (χ0n) is 11.3. The van der Waals surface area contributed by atoms with Crippen molar-refractivity contribution in [2.24, 2.45) is 5.84 Å². The first-order valence-electron chi connectivity index (χ1n) is 6.37. The standard InChI is InChI=1S/C12H18N4O3S/c1-15-6-8-16(9-7-15)20(18,19)11-4-2-10(3-5-11)12(17)14-13/h2-5H,6-9,13H2,1H3,(H,14,17)/p+1. The number of carbonyl (C=O) groups is 1. The summed E-state index contributed by atoms with van der Waals surface area (Å²) in [6.45, 7) is 2.62. The molecule has 0 aliphatic carbocycles. The summed E-state index contributed by atoms with van der Waals surface area (Å²) < 4.78 is 26.4. The van der Waals surface area contributed by atoms with Crippen molar-refractivity contribution in [3.8, 4) is 0 Å². The third-order valence-corrected chi connectivity index (χ3v) is 5.37. The molecule has 110 valence electrons. The lowest BCUT2D eigenvalue weighted by Crippen LogP contribution is -3.12. The number of carbonyl (C=O) groups excluding carboxylic acids is 1. The molecule has 1 aromatic rings. The molecule has 1 amide bonds. The van der Waals surface area contributed by atoms with E-state index in [0.29, 0.717) is 18.7 Å². The number of nitrogen functional groups attached to an aromatic ring is 1. The van der Waals surface area contributed by atoms with Crippen LogP contribution in [-0.2, 0) is 10.0 Å². The van der Waals surface area contributed by atoms with Crippen LogP contribution >= 0.6 is 0 Å². The van der Waals surface area contributed by atoms with Crippen LogP contribution in [0.4, 0.5) is 0 Å². The molecule has 1 saturated heterocycles. The summed E-state index contributed by atoms with van der Waals surface area (Å²) in [5, 5.41) is 0. The Bertz CT molecular complexity index is 577. The Kier molecular flexibility index (Phi) is 4.39. The molecular formula is C12H19N4O3S+. The van der Waals surface area contributed by atoms with Gasteiger partial charge in [0.05, 0.1) is 38.1 Å². The Balaban J connectivity index is 2.19. The molecule has 0 saturated carbocycles. The molecule has 1 aromatic carbocycles. The number of benzene rings is 1. The van der Waals surface area contributed by atoms with Crippen molar-refractivity contribution in [2.75, 3.05) is 33.2 Å². The molecular weight excluding hydrogens is 280 g/mol. The number of nitrogens with two attached hydrogens (primary N) is 1. The van der Waals surface area contributed by atoms with Gasteiger partial charge in [0.2, 0.25) is 10.0 Å². The number of quaternary nitrogens is 1. The highest BCUT2D eigenvalue weighted by atomic mass is 32.2. The number of hydrazine groups is 1. The largest absolute Gasteiger partial charge is 0.335 e. The van der Waals surface area contributed by atoms with Crippen molar-refractivity contribution in [2.45, 2.75) is 4.90 Å². The van der Waals surface area contributed by atoms with Crippen LogP contribution in [0.25, 0.3) is 0 Å². The number of likely N-dealkylation sites (N-methyl/N-ethyl adjacent to an activating group) is 1. The molecule has 2 rings (SSSR count). The molecule has 0 aromatic heterocycles. The van der Waals surface area contributed by atoms with Crippen LogP contribution in [0.5, 0.6) is 0 Å². The maximum absolute atomic E-state index is 12.4. The Morgan fingerprint density at radius 1 is 1.25 bits per heavy atom. The van der Waals surface area contributed by atoms with Crippen molar-refractivity contribution >= 4 is 15.9 Å². The predicted octanol–water partition coefficient (Wildman–Crippen LogP) is -2.19. The van der Waals surface area contributed by atoms with E-state index in [1.54, 1.807) is 0 Å². The monoisotopic (exact) mass is 299 g/mol. The lowest BCUT2D eigenvalue weighted by Gasteiger charge is -2.29. The van der Waals surface area contributed by atoms with E-state index in [9.17, 15) is 13.2 Å². The van der Waals surface area contributed by atoms with E-state index < -0.39 is 15.9 Å². The second-order valence-corrected chi connectivity index (χ2v) is 6.80. The second-order valence-electron chi connectivity index (χ2n) is 4.86. The Hall–Kier alpha value is -1.48. The van der Waals surface area contributed by atoms with Crippen LogP contribution in [-0.4, -0.2) is 51.9 Å². The van der Waals surface area contributed by atoms with E-state index in [0.717, 1.165) is 13.1 Å². The second kappa shape index (κ2) is 5.88. The van der Waals surface area contributed by atoms with Crippen molar-refractivity contribution < 1.29 is 18.1 Å². The maximum Gasteiger partial charge on any atom is 0.265 e. The summed E-state index contributed by atoms with van der Waals surface area (Å²) in [6, 6.07) is 5.78. The van der Waals surface area contributed by atoms with Gasteiger partial charge in [-0.1, -0.05) is 0 Å². The average molecular weight is 299 g/mol. The van der Waals surface area contributed by atoms with Crippen LogP contribution in [0, 0.1) is 0 Å². The number of rotatable bonds is 3. The minimum Gasteiger partial charge on any atom is -0.335 e. The van der Waals surface area contributed by atoms with Gasteiger partial charge >= 0.3 is 0 Å². The first-order chi connectivity index (χ1) is 9.45. The minimum absolute atomic E-state index is 0.200. The van der Waals surface area contributed by atoms with Crippen LogP contribution < -0.4 is 16.2 Å². The van der Waals surface area contributed by atoms with E-state index in [-0.39, 0.29) is 4.90 Å². The van der Waals surface area contributed by atoms with Crippen LogP contribution in [0.3, 0.4) is 0 Å². The number of sulfonamides is 1. The van der Waals surface area contributed by atoms with E-state index in [2.05, 4.69) is 0 Å². The van der Waals surface area contributed by atoms with Gasteiger partial charge in [0.25, 0.3) is 5.91 Å². The van der Waals surface area contributed by atoms with Gasteiger partial charge in [-0.25, -0.2) is 14.3 Å². The van der Waals surface area contributed by atoms with Gasteiger partial charge in [0, 0.05) is 5.56 Å². The predicted molar refractivity (Wildman–Crippen MR) is 73.5 cm³/mol. The van der Waals surface area contributed by atoms with Gasteiger partial charge in [0.15, 0.2) is 0 Å². The number of nitrogens with zero attached hydrogens (tertiary/aromatic N) is 1. The minimum atomic E-state index is -3.48. The first kappa shape index (κ1) is 14.9. The van der Waals surface area contributed by atoms with Gasteiger partial charge in [0.1, 0.15) is 0 Å². The molecule has 20 heavy (non-hydrogen) atoms. The summed E-state index contributed by atoms with van der Waals surface area (Å²) >= 11 is 0. The van der Waals surface area contributed by atoms with Crippen LogP contribution in [0.15, 0.2) is 29.2 Å². The van der Waals surface area contributed by atoms with E-state index in [1.807, 2.05) is 12.5 Å². The van der Waals surface area contributed by atoms with E-state index in [1.165, 1.54) is 33.5 Å². The molecule has 8 heteroatoms. The lowest BCUT2D eigenvalue weighted by molar-refractivity contribution is -0.883. The average Bonchev–Trinajstić information content (AvgIpc) is 2.47. The highest BCUT2D eigenvalue weighted by molar-refractivity contribution is 7.89. The summed E-state index contributed by atoms with van der Waals surface area (Å²) in [7, 11) is -1.43. The molecule has 1 fully saturated rings. The van der Waals surface area contributed by atoms with Crippen molar-refractivity contribution in [3.63, 3.8) is 0 Å². The number of hydrogen-bond acceptors (Lipinski definition) is 4. The van der Waals surface area contributed by atoms with Crippen LogP contribution in [0.1, 0.15) is 10.4 Å². The molecule has 4 N–H and O–H groups in total. The van der Waals surface area contributed by atoms with Gasteiger partial charge in [-0.15, -0.1) is 0 Å². The third kappa shape index (κ3) is 2.98. The fourth-order valence-corrected chi connectivity index (χ4v) is 3.56. The summed E-state index contributed by atoms with van der Waals surface area (Å²) in [5.74, 6) is 4.58. The topological polar surface area (TPSA) is 96.9 Å². The zero-order chi connectivity index (χ0) is 14.8. The molecule has 1 aliphatic heterocycles. The van der Waals surface area contributed by atoms with Crippen molar-refractivity contribution in [1.82, 2.24) is 9.73 Å². The molecule has 0 atom stereocenters. The zero-order valence-corrected chi connectivity index (χ0v) is 12.1. The number of nitrogens with one attached hydrogen (secondary N) is 2. The highest BCUT2D eigenvalue weighted by Crippen LogP contribution is 2.16. The smallest absolute Gasteiger partial charge is 0.265 e. The maximum atomic E-state index is 12.4. The van der Waals surface area contributed by atoms with Gasteiger partial charge in [-0.2, -0.15) is 4.31 Å². The van der Waals surface area contributed by atoms with Crippen LogP contribution in [0.2, 0.25) is 0 Å². The summed E-state index contributed by atoms with van der Waals surface area (Å²) in [6.07, 6.45) is 0. The molecule has 1 heterocycles. The number of piperazine rings is 1. The Labute approximate surface area is 118 Å². The quantitative estimate of drug-likeness (QED) is 0.335. The molecule has 1 aliphatic rings. The summed E-state index contributed by atoms with van der Waals surface area (Å²) in [5.41, 5.74) is 2.33. The molecule has 0 radical (unpaired) electrons. The fourth-order valence-electron chi connectivity index (χ4n) is 2.12. The number of hydrogen-bond donors (Lipinski definition) is 3. The molecule has 0 bridgehead atoms. The fraction of sp³-hybridized carbons (Fsp3) is 0.417. The Morgan fingerprint density at radius 3 is 2.30 bits per heavy atom. The van der Waals surface area contributed by atoms with Gasteiger partial charge < -0.3 is 4.90 Å². The molecule has 0 unspecified atom stereocenters. The van der Waals surface area contributed by atoms with E-state index in [4.69, 9.17) is 5.84 Å². The first-order valence-corrected chi connectivity index (χ1v) is 7.81. The molecule has 0 spiro atoms. The number of amides is 1. The SMILES string of the molecule is C[NH+]1CCN(S(=O)(=O)c2ccc(C(=O)NN)cc2)CC1. The van der Waals surface area contributed by atoms with Crippen molar-refractivity contribution in [1.29, 1.82) is 0 Å². The van der Waals surface area contributed by atoms with E-state index >= 15 is 0 Å². The normalized spacial score (nSPS) is 17.9.